The van der Waals surface area contributed by atoms with Gasteiger partial charge in [-0.3, -0.25) is 4.90 Å². The lowest BCUT2D eigenvalue weighted by Gasteiger charge is -2.45. The summed E-state index contributed by atoms with van der Waals surface area (Å²) in [6.45, 7) is 11.6. The molecule has 2 heterocycles. The molecule has 0 aliphatic carbocycles. The molecular formula is C17H30N2O. The Kier molecular flexibility index (Phi) is 5.67. The van der Waals surface area contributed by atoms with Gasteiger partial charge in [0, 0.05) is 37.6 Å². The van der Waals surface area contributed by atoms with Gasteiger partial charge in [0.05, 0.1) is 6.26 Å². The van der Waals surface area contributed by atoms with Crippen molar-refractivity contribution in [3.05, 3.63) is 24.2 Å². The van der Waals surface area contributed by atoms with E-state index in [0.717, 1.165) is 31.2 Å². The Morgan fingerprint density at radius 3 is 2.80 bits per heavy atom. The summed E-state index contributed by atoms with van der Waals surface area (Å²) in [7, 11) is 0. The van der Waals surface area contributed by atoms with Gasteiger partial charge in [0.1, 0.15) is 5.76 Å². The third-order valence-corrected chi connectivity index (χ3v) is 4.94. The first kappa shape index (κ1) is 15.6. The summed E-state index contributed by atoms with van der Waals surface area (Å²) in [6, 6.07) is 5.90. The highest BCUT2D eigenvalue weighted by molar-refractivity contribution is 5.01. The topological polar surface area (TPSA) is 28.4 Å². The molecule has 4 unspecified atom stereocenters. The van der Waals surface area contributed by atoms with Crippen molar-refractivity contribution in [3.63, 3.8) is 0 Å². The average Bonchev–Trinajstić information content (AvgIpc) is 2.98. The van der Waals surface area contributed by atoms with E-state index in [2.05, 4.69) is 44.0 Å². The highest BCUT2D eigenvalue weighted by Crippen LogP contribution is 2.21. The van der Waals surface area contributed by atoms with Gasteiger partial charge in [-0.15, -0.1) is 0 Å². The van der Waals surface area contributed by atoms with Crippen LogP contribution in [0, 0.1) is 5.92 Å². The fourth-order valence-electron chi connectivity index (χ4n) is 3.27. The quantitative estimate of drug-likeness (QED) is 0.865. The summed E-state index contributed by atoms with van der Waals surface area (Å²) in [6.07, 6.45) is 5.24. The zero-order chi connectivity index (χ0) is 14.5. The predicted molar refractivity (Wildman–Crippen MR) is 83.9 cm³/mol. The number of hydrogen-bond acceptors (Lipinski definition) is 3. The second-order valence-electron chi connectivity index (χ2n) is 6.29. The number of furan rings is 1. The predicted octanol–water partition coefficient (Wildman–Crippen LogP) is 3.31. The number of piperazine rings is 1. The minimum Gasteiger partial charge on any atom is -0.469 e. The maximum Gasteiger partial charge on any atom is 0.105 e. The van der Waals surface area contributed by atoms with Gasteiger partial charge in [-0.1, -0.05) is 27.2 Å². The van der Waals surface area contributed by atoms with Gasteiger partial charge >= 0.3 is 0 Å². The molecule has 1 aromatic rings. The monoisotopic (exact) mass is 278 g/mol. The molecule has 1 N–H and O–H groups in total. The van der Waals surface area contributed by atoms with Gasteiger partial charge < -0.3 is 9.73 Å². The molecule has 1 aliphatic rings. The van der Waals surface area contributed by atoms with Gasteiger partial charge in [0.15, 0.2) is 0 Å². The molecule has 3 heteroatoms. The average molecular weight is 278 g/mol. The second-order valence-corrected chi connectivity index (χ2v) is 6.29. The van der Waals surface area contributed by atoms with Crippen molar-refractivity contribution in [1.29, 1.82) is 0 Å². The summed E-state index contributed by atoms with van der Waals surface area (Å²) < 4.78 is 5.52. The van der Waals surface area contributed by atoms with Gasteiger partial charge in [-0.05, 0) is 31.4 Å². The Hall–Kier alpha value is -0.800. The molecular weight excluding hydrogens is 248 g/mol. The lowest BCUT2D eigenvalue weighted by Crippen LogP contribution is -2.60. The molecule has 1 aliphatic heterocycles. The molecule has 0 amide bonds. The Morgan fingerprint density at radius 2 is 2.20 bits per heavy atom. The normalized spacial score (nSPS) is 27.4. The van der Waals surface area contributed by atoms with E-state index in [4.69, 9.17) is 4.42 Å². The van der Waals surface area contributed by atoms with Crippen molar-refractivity contribution < 1.29 is 4.42 Å². The van der Waals surface area contributed by atoms with Crippen LogP contribution in [0.1, 0.15) is 46.3 Å². The molecule has 0 aromatic carbocycles. The van der Waals surface area contributed by atoms with Crippen LogP contribution in [0.3, 0.4) is 0 Å². The van der Waals surface area contributed by atoms with E-state index in [0.29, 0.717) is 18.1 Å². The van der Waals surface area contributed by atoms with Gasteiger partial charge in [0.25, 0.3) is 0 Å². The molecule has 4 atom stereocenters. The Bertz CT molecular complexity index is 376. The zero-order valence-electron chi connectivity index (χ0n) is 13.4. The molecule has 114 valence electrons. The summed E-state index contributed by atoms with van der Waals surface area (Å²) >= 11 is 0. The van der Waals surface area contributed by atoms with Crippen molar-refractivity contribution in [2.24, 2.45) is 5.92 Å². The van der Waals surface area contributed by atoms with E-state index in [1.165, 1.54) is 12.8 Å². The maximum absolute atomic E-state index is 5.52. The molecule has 1 aromatic heterocycles. The Balaban J connectivity index is 2.00. The zero-order valence-corrected chi connectivity index (χ0v) is 13.4. The van der Waals surface area contributed by atoms with Crippen LogP contribution < -0.4 is 5.32 Å². The Morgan fingerprint density at radius 1 is 1.40 bits per heavy atom. The third kappa shape index (κ3) is 3.64. The highest BCUT2D eigenvalue weighted by Gasteiger charge is 2.32. The van der Waals surface area contributed by atoms with Gasteiger partial charge in [-0.25, -0.2) is 0 Å². The van der Waals surface area contributed by atoms with Crippen LogP contribution in [0.5, 0.6) is 0 Å². The lowest BCUT2D eigenvalue weighted by atomic mass is 9.93. The van der Waals surface area contributed by atoms with E-state index in [1.54, 1.807) is 6.26 Å². The minimum absolute atomic E-state index is 0.541. The molecule has 1 saturated heterocycles. The van der Waals surface area contributed by atoms with Gasteiger partial charge in [0.2, 0.25) is 0 Å². The first-order valence-corrected chi connectivity index (χ1v) is 8.17. The van der Waals surface area contributed by atoms with Crippen LogP contribution in [0.15, 0.2) is 22.8 Å². The summed E-state index contributed by atoms with van der Waals surface area (Å²) in [5, 5.41) is 3.75. The van der Waals surface area contributed by atoms with Crippen molar-refractivity contribution in [2.45, 2.75) is 65.1 Å². The fourth-order valence-corrected chi connectivity index (χ4v) is 3.27. The molecule has 0 radical (unpaired) electrons. The maximum atomic E-state index is 5.52. The first-order valence-electron chi connectivity index (χ1n) is 8.17. The van der Waals surface area contributed by atoms with Crippen molar-refractivity contribution in [1.82, 2.24) is 10.2 Å². The summed E-state index contributed by atoms with van der Waals surface area (Å²) in [5.74, 6) is 1.84. The molecule has 0 bridgehead atoms. The van der Waals surface area contributed by atoms with Crippen LogP contribution in [-0.4, -0.2) is 36.1 Å². The minimum atomic E-state index is 0.541. The van der Waals surface area contributed by atoms with Gasteiger partial charge in [-0.2, -0.15) is 0 Å². The molecule has 0 saturated carbocycles. The number of hydrogen-bond donors (Lipinski definition) is 1. The van der Waals surface area contributed by atoms with Crippen LogP contribution in [-0.2, 0) is 6.42 Å². The SMILES string of the molecule is CCC(C)C1CN(C(C)Cc2ccco2)C(CC)CN1. The molecule has 0 spiro atoms. The van der Waals surface area contributed by atoms with Crippen molar-refractivity contribution in [3.8, 4) is 0 Å². The second kappa shape index (κ2) is 7.28. The number of nitrogens with one attached hydrogen (secondary N) is 1. The molecule has 20 heavy (non-hydrogen) atoms. The fraction of sp³-hybridized carbons (Fsp3) is 0.765. The van der Waals surface area contributed by atoms with Crippen LogP contribution in [0.25, 0.3) is 0 Å². The van der Waals surface area contributed by atoms with Crippen LogP contribution in [0.4, 0.5) is 0 Å². The van der Waals surface area contributed by atoms with E-state index in [9.17, 15) is 0 Å². The van der Waals surface area contributed by atoms with Crippen LogP contribution in [0.2, 0.25) is 0 Å². The number of nitrogens with zero attached hydrogens (tertiary/aromatic N) is 1. The summed E-state index contributed by atoms with van der Waals surface area (Å²) in [4.78, 5) is 2.69. The standard InChI is InChI=1S/C17H30N2O/c1-5-13(3)17-12-19(15(6-2)11-18-17)14(4)10-16-8-7-9-20-16/h7-9,13-15,17-18H,5-6,10-12H2,1-4H3. The van der Waals surface area contributed by atoms with Crippen LogP contribution >= 0.6 is 0 Å². The molecule has 2 rings (SSSR count). The molecule has 1 fully saturated rings. The van der Waals surface area contributed by atoms with E-state index in [-0.39, 0.29) is 0 Å². The van der Waals surface area contributed by atoms with E-state index in [1.807, 2.05) is 6.07 Å². The summed E-state index contributed by atoms with van der Waals surface area (Å²) in [5.41, 5.74) is 0. The first-order chi connectivity index (χ1) is 9.65. The number of rotatable bonds is 6. The van der Waals surface area contributed by atoms with E-state index >= 15 is 0 Å². The largest absolute Gasteiger partial charge is 0.469 e. The lowest BCUT2D eigenvalue weighted by molar-refractivity contribution is 0.0689. The Labute approximate surface area is 123 Å². The van der Waals surface area contributed by atoms with Crippen molar-refractivity contribution in [2.75, 3.05) is 13.1 Å². The highest BCUT2D eigenvalue weighted by atomic mass is 16.3. The smallest absolute Gasteiger partial charge is 0.105 e. The van der Waals surface area contributed by atoms with Crippen molar-refractivity contribution >= 4 is 0 Å². The third-order valence-electron chi connectivity index (χ3n) is 4.94. The van der Waals surface area contributed by atoms with E-state index < -0.39 is 0 Å². The molecule has 3 nitrogen and oxygen atoms in total.